The molecule has 0 saturated carbocycles. The second-order valence-electron chi connectivity index (χ2n) is 4.53. The highest BCUT2D eigenvalue weighted by Gasteiger charge is 2.13. The third-order valence-electron chi connectivity index (χ3n) is 2.77. The van der Waals surface area contributed by atoms with Crippen LogP contribution in [0.25, 0.3) is 0 Å². The van der Waals surface area contributed by atoms with Crippen LogP contribution in [0.5, 0.6) is 11.5 Å². The first-order valence-corrected chi connectivity index (χ1v) is 8.07. The van der Waals surface area contributed by atoms with Crippen molar-refractivity contribution in [2.45, 2.75) is 0 Å². The van der Waals surface area contributed by atoms with Gasteiger partial charge in [0.2, 0.25) is 0 Å². The van der Waals surface area contributed by atoms with E-state index in [1.165, 1.54) is 18.2 Å². The molecule has 9 heteroatoms. The van der Waals surface area contributed by atoms with Crippen LogP contribution in [0.15, 0.2) is 40.9 Å². The highest BCUT2D eigenvalue weighted by Crippen LogP contribution is 2.27. The van der Waals surface area contributed by atoms with Crippen LogP contribution in [-0.4, -0.2) is 23.5 Å². The van der Waals surface area contributed by atoms with Crippen molar-refractivity contribution in [2.75, 3.05) is 6.61 Å². The summed E-state index contributed by atoms with van der Waals surface area (Å²) in [5.74, 6) is -1.14. The molecule has 0 aliphatic rings. The summed E-state index contributed by atoms with van der Waals surface area (Å²) in [4.78, 5) is 23.6. The van der Waals surface area contributed by atoms with Gasteiger partial charge in [0, 0.05) is 10.0 Å². The minimum Gasteiger partial charge on any atom is -0.507 e. The van der Waals surface area contributed by atoms with Crippen LogP contribution in [-0.2, 0) is 4.79 Å². The van der Waals surface area contributed by atoms with Gasteiger partial charge in [0.1, 0.15) is 11.5 Å². The van der Waals surface area contributed by atoms with E-state index in [0.29, 0.717) is 15.2 Å². The number of aromatic hydroxyl groups is 1. The zero-order valence-corrected chi connectivity index (χ0v) is 15.1. The molecule has 0 aliphatic carbocycles. The molecule has 0 unspecified atom stereocenters. The Bertz CT molecular complexity index is 786. The van der Waals surface area contributed by atoms with Gasteiger partial charge in [-0.3, -0.25) is 20.4 Å². The van der Waals surface area contributed by atoms with Gasteiger partial charge in [0.15, 0.2) is 6.61 Å². The lowest BCUT2D eigenvalue weighted by Crippen LogP contribution is -2.43. The average Bonchev–Trinajstić information content (AvgIpc) is 2.54. The van der Waals surface area contributed by atoms with Crippen molar-refractivity contribution >= 4 is 50.9 Å². The molecule has 2 aromatic carbocycles. The van der Waals surface area contributed by atoms with Crippen molar-refractivity contribution in [3.63, 3.8) is 0 Å². The Morgan fingerprint density at radius 1 is 1.08 bits per heavy atom. The van der Waals surface area contributed by atoms with Gasteiger partial charge in [0.05, 0.1) is 10.0 Å². The highest BCUT2D eigenvalue weighted by molar-refractivity contribution is 9.10. The number of carbonyl (C=O) groups excluding carboxylic acids is 2. The maximum atomic E-state index is 11.9. The number of phenols is 1. The summed E-state index contributed by atoms with van der Waals surface area (Å²) in [7, 11) is 0. The molecule has 2 amide bonds. The SMILES string of the molecule is O=C(COc1ccc(Cl)cc1Br)NNC(=O)c1cc(Cl)ccc1O. The zero-order chi connectivity index (χ0) is 17.7. The lowest BCUT2D eigenvalue weighted by atomic mass is 10.2. The molecule has 126 valence electrons. The average molecular weight is 434 g/mol. The molecule has 2 aromatic rings. The van der Waals surface area contributed by atoms with Crippen molar-refractivity contribution in [1.29, 1.82) is 0 Å². The minimum atomic E-state index is -0.712. The standard InChI is InChI=1S/C15H11BrCl2N2O4/c16-11-6-9(18)2-4-13(11)24-7-14(22)19-20-15(23)10-5-8(17)1-3-12(10)21/h1-6,21H,7H2,(H,19,22)(H,20,23). The van der Waals surface area contributed by atoms with Crippen molar-refractivity contribution in [1.82, 2.24) is 10.9 Å². The van der Waals surface area contributed by atoms with E-state index in [1.807, 2.05) is 0 Å². The summed E-state index contributed by atoms with van der Waals surface area (Å²) in [6, 6.07) is 8.83. The zero-order valence-electron chi connectivity index (χ0n) is 12.0. The van der Waals surface area contributed by atoms with Crippen molar-refractivity contribution in [2.24, 2.45) is 0 Å². The summed E-state index contributed by atoms with van der Waals surface area (Å²) >= 11 is 14.8. The second kappa shape index (κ2) is 8.23. The van der Waals surface area contributed by atoms with E-state index in [1.54, 1.807) is 18.2 Å². The largest absolute Gasteiger partial charge is 0.507 e. The summed E-state index contributed by atoms with van der Waals surface area (Å²) in [6.45, 7) is -0.331. The number of nitrogens with one attached hydrogen (secondary N) is 2. The van der Waals surface area contributed by atoms with Crippen LogP contribution in [0.3, 0.4) is 0 Å². The number of carbonyl (C=O) groups is 2. The lowest BCUT2D eigenvalue weighted by Gasteiger charge is -2.10. The molecule has 2 rings (SSSR count). The van der Waals surface area contributed by atoms with Gasteiger partial charge in [-0.2, -0.15) is 0 Å². The molecule has 0 fully saturated rings. The van der Waals surface area contributed by atoms with Gasteiger partial charge >= 0.3 is 0 Å². The summed E-state index contributed by atoms with van der Waals surface area (Å²) in [6.07, 6.45) is 0. The Morgan fingerprint density at radius 3 is 2.46 bits per heavy atom. The highest BCUT2D eigenvalue weighted by atomic mass is 79.9. The fourth-order valence-corrected chi connectivity index (χ4v) is 2.62. The van der Waals surface area contributed by atoms with Gasteiger partial charge < -0.3 is 9.84 Å². The van der Waals surface area contributed by atoms with Crippen LogP contribution >= 0.6 is 39.1 Å². The number of hydrazine groups is 1. The van der Waals surface area contributed by atoms with Gasteiger partial charge in [-0.15, -0.1) is 0 Å². The minimum absolute atomic E-state index is 0.0656. The van der Waals surface area contributed by atoms with E-state index >= 15 is 0 Å². The quantitative estimate of drug-likeness (QED) is 0.645. The predicted octanol–water partition coefficient (Wildman–Crippen LogP) is 3.30. The predicted molar refractivity (Wildman–Crippen MR) is 93.4 cm³/mol. The van der Waals surface area contributed by atoms with Crippen molar-refractivity contribution < 1.29 is 19.4 Å². The molecule has 0 radical (unpaired) electrons. The van der Waals surface area contributed by atoms with Crippen molar-refractivity contribution in [3.05, 3.63) is 56.5 Å². The van der Waals surface area contributed by atoms with Crippen molar-refractivity contribution in [3.8, 4) is 11.5 Å². The van der Waals surface area contributed by atoms with E-state index in [-0.39, 0.29) is 22.9 Å². The molecule has 0 saturated heterocycles. The third-order valence-corrected chi connectivity index (χ3v) is 3.86. The smallest absolute Gasteiger partial charge is 0.276 e. The Kier molecular flexibility index (Phi) is 6.30. The molecular weight excluding hydrogens is 423 g/mol. The number of rotatable bonds is 4. The van der Waals surface area contributed by atoms with Crippen LogP contribution < -0.4 is 15.6 Å². The Morgan fingerprint density at radius 2 is 1.75 bits per heavy atom. The van der Waals surface area contributed by atoms with Crippen LogP contribution in [0.4, 0.5) is 0 Å². The first-order chi connectivity index (χ1) is 11.4. The number of hydrogen-bond acceptors (Lipinski definition) is 4. The molecular formula is C15H11BrCl2N2O4. The fourth-order valence-electron chi connectivity index (χ4n) is 1.66. The van der Waals surface area contributed by atoms with Gasteiger partial charge in [-0.1, -0.05) is 23.2 Å². The van der Waals surface area contributed by atoms with E-state index in [9.17, 15) is 14.7 Å². The molecule has 0 heterocycles. The van der Waals surface area contributed by atoms with Gasteiger partial charge in [0.25, 0.3) is 11.8 Å². The number of hydrogen-bond donors (Lipinski definition) is 3. The molecule has 0 bridgehead atoms. The number of phenolic OH excluding ortho intramolecular Hbond substituents is 1. The summed E-state index contributed by atoms with van der Waals surface area (Å²) < 4.78 is 5.89. The normalized spacial score (nSPS) is 10.1. The number of benzene rings is 2. The third kappa shape index (κ3) is 5.02. The molecule has 0 aromatic heterocycles. The second-order valence-corrected chi connectivity index (χ2v) is 6.25. The molecule has 0 atom stereocenters. The van der Waals surface area contributed by atoms with Crippen LogP contribution in [0.2, 0.25) is 10.0 Å². The van der Waals surface area contributed by atoms with Crippen LogP contribution in [0.1, 0.15) is 10.4 Å². The van der Waals surface area contributed by atoms with E-state index in [4.69, 9.17) is 27.9 Å². The Balaban J connectivity index is 1.86. The van der Waals surface area contributed by atoms with Gasteiger partial charge in [-0.05, 0) is 52.3 Å². The van der Waals surface area contributed by atoms with Gasteiger partial charge in [-0.25, -0.2) is 0 Å². The molecule has 24 heavy (non-hydrogen) atoms. The Hall–Kier alpha value is -1.96. The van der Waals surface area contributed by atoms with E-state index in [0.717, 1.165) is 0 Å². The molecule has 0 aliphatic heterocycles. The maximum absolute atomic E-state index is 11.9. The fraction of sp³-hybridized carbons (Fsp3) is 0.0667. The number of halogens is 3. The monoisotopic (exact) mass is 432 g/mol. The summed E-state index contributed by atoms with van der Waals surface area (Å²) in [5, 5.41) is 10.4. The van der Waals surface area contributed by atoms with E-state index in [2.05, 4.69) is 26.8 Å². The Labute approximate surface area is 155 Å². The first-order valence-electron chi connectivity index (χ1n) is 6.52. The first kappa shape index (κ1) is 18.4. The number of amides is 2. The van der Waals surface area contributed by atoms with Crippen LogP contribution in [0, 0.1) is 0 Å². The lowest BCUT2D eigenvalue weighted by molar-refractivity contribution is -0.123. The molecule has 6 nitrogen and oxygen atoms in total. The molecule has 3 N–H and O–H groups in total. The summed E-state index contributed by atoms with van der Waals surface area (Å²) in [5.41, 5.74) is 4.26. The maximum Gasteiger partial charge on any atom is 0.276 e. The van der Waals surface area contributed by atoms with E-state index < -0.39 is 11.8 Å². The topological polar surface area (TPSA) is 87.7 Å². The molecule has 0 spiro atoms. The number of ether oxygens (including phenoxy) is 1.